The minimum atomic E-state index is 0.461. The number of rotatable bonds is 9. The first-order valence-corrected chi connectivity index (χ1v) is 12.4. The Hall–Kier alpha value is -3.98. The van der Waals surface area contributed by atoms with Gasteiger partial charge in [-0.05, 0) is 55.3 Å². The highest BCUT2D eigenvalue weighted by atomic mass is 32.2. The van der Waals surface area contributed by atoms with Crippen molar-refractivity contribution in [1.82, 2.24) is 29.9 Å². The van der Waals surface area contributed by atoms with Gasteiger partial charge in [0.15, 0.2) is 11.0 Å². The topological polar surface area (TPSA) is 91.8 Å². The molecule has 0 unspecified atom stereocenters. The molecule has 0 radical (unpaired) electrons. The summed E-state index contributed by atoms with van der Waals surface area (Å²) in [4.78, 5) is 8.81. The minimum Gasteiger partial charge on any atom is -0.494 e. The molecule has 3 aromatic heterocycles. The Morgan fingerprint density at radius 1 is 0.943 bits per heavy atom. The molecule has 0 fully saturated rings. The molecule has 9 heteroatoms. The summed E-state index contributed by atoms with van der Waals surface area (Å²) in [7, 11) is 0. The van der Waals surface area contributed by atoms with Crippen LogP contribution in [0, 0.1) is 0 Å². The van der Waals surface area contributed by atoms with Crippen LogP contribution in [0.3, 0.4) is 0 Å². The van der Waals surface area contributed by atoms with Crippen molar-refractivity contribution < 1.29 is 9.26 Å². The van der Waals surface area contributed by atoms with Crippen LogP contribution in [-0.2, 0) is 12.2 Å². The first-order chi connectivity index (χ1) is 17.2. The molecular weight excluding hydrogens is 460 g/mol. The normalized spacial score (nSPS) is 11.0. The van der Waals surface area contributed by atoms with Crippen LogP contribution in [0.25, 0.3) is 28.5 Å². The largest absolute Gasteiger partial charge is 0.494 e. The average molecular weight is 485 g/mol. The molecule has 0 spiro atoms. The van der Waals surface area contributed by atoms with Gasteiger partial charge in [0.1, 0.15) is 5.75 Å². The molecule has 35 heavy (non-hydrogen) atoms. The van der Waals surface area contributed by atoms with E-state index in [9.17, 15) is 0 Å². The summed E-state index contributed by atoms with van der Waals surface area (Å²) in [5.74, 6) is 3.07. The lowest BCUT2D eigenvalue weighted by molar-refractivity contribution is 0.340. The summed E-state index contributed by atoms with van der Waals surface area (Å²) in [5, 5.41) is 13.8. The van der Waals surface area contributed by atoms with Gasteiger partial charge in [0, 0.05) is 29.2 Å². The zero-order chi connectivity index (χ0) is 24.0. The Balaban J connectivity index is 1.41. The number of ether oxygens (including phenoxy) is 1. The van der Waals surface area contributed by atoms with Crippen LogP contribution in [0.2, 0.25) is 0 Å². The highest BCUT2D eigenvalue weighted by Gasteiger charge is 2.18. The van der Waals surface area contributed by atoms with Gasteiger partial charge in [-0.25, -0.2) is 0 Å². The second-order valence-corrected chi connectivity index (χ2v) is 8.60. The first-order valence-electron chi connectivity index (χ1n) is 11.4. The van der Waals surface area contributed by atoms with Gasteiger partial charge in [-0.3, -0.25) is 9.55 Å². The molecule has 0 saturated heterocycles. The maximum absolute atomic E-state index is 5.60. The van der Waals surface area contributed by atoms with Crippen molar-refractivity contribution in [2.75, 3.05) is 6.61 Å². The SMILES string of the molecule is CCOc1ccc(-n2c(SCc3nc(-c4ccc(CC)cc4)no3)nnc2-c2cccnc2)cc1. The van der Waals surface area contributed by atoms with Crippen molar-refractivity contribution in [1.29, 1.82) is 0 Å². The zero-order valence-corrected chi connectivity index (χ0v) is 20.3. The molecular formula is C26H24N6O2S. The summed E-state index contributed by atoms with van der Waals surface area (Å²) < 4.78 is 13.1. The van der Waals surface area contributed by atoms with Crippen molar-refractivity contribution >= 4 is 11.8 Å². The van der Waals surface area contributed by atoms with Crippen molar-refractivity contribution in [3.05, 3.63) is 84.5 Å². The number of aromatic nitrogens is 6. The van der Waals surface area contributed by atoms with Crippen LogP contribution in [0.4, 0.5) is 0 Å². The van der Waals surface area contributed by atoms with Crippen molar-refractivity contribution in [2.24, 2.45) is 0 Å². The van der Waals surface area contributed by atoms with Gasteiger partial charge in [-0.15, -0.1) is 10.2 Å². The molecule has 0 aliphatic heterocycles. The van der Waals surface area contributed by atoms with E-state index in [0.717, 1.165) is 29.0 Å². The molecule has 0 atom stereocenters. The van der Waals surface area contributed by atoms with Gasteiger partial charge in [-0.2, -0.15) is 4.98 Å². The number of thioether (sulfide) groups is 1. The molecule has 3 heterocycles. The third kappa shape index (κ3) is 5.09. The predicted octanol–water partition coefficient (Wildman–Crippen LogP) is 5.63. The van der Waals surface area contributed by atoms with E-state index in [2.05, 4.69) is 44.4 Å². The fraction of sp³-hybridized carbons (Fsp3) is 0.192. The Morgan fingerprint density at radius 2 is 1.77 bits per heavy atom. The first kappa shape index (κ1) is 22.8. The van der Waals surface area contributed by atoms with Crippen LogP contribution in [0.5, 0.6) is 5.75 Å². The fourth-order valence-electron chi connectivity index (χ4n) is 3.58. The number of benzene rings is 2. The van der Waals surface area contributed by atoms with E-state index in [-0.39, 0.29) is 0 Å². The van der Waals surface area contributed by atoms with Crippen LogP contribution in [0.15, 0.2) is 82.7 Å². The molecule has 0 bridgehead atoms. The van der Waals surface area contributed by atoms with Gasteiger partial charge in [0.25, 0.3) is 0 Å². The second kappa shape index (κ2) is 10.5. The Labute approximate surface area is 207 Å². The molecule has 0 aliphatic rings. The van der Waals surface area contributed by atoms with Gasteiger partial charge in [0.05, 0.1) is 12.4 Å². The van der Waals surface area contributed by atoms with E-state index >= 15 is 0 Å². The molecule has 0 aliphatic carbocycles. The Bertz CT molecular complexity index is 1380. The molecule has 2 aromatic carbocycles. The quantitative estimate of drug-likeness (QED) is 0.249. The van der Waals surface area contributed by atoms with Crippen molar-refractivity contribution in [2.45, 2.75) is 31.2 Å². The number of nitrogens with zero attached hydrogens (tertiary/aromatic N) is 6. The molecule has 0 amide bonds. The molecule has 8 nitrogen and oxygen atoms in total. The van der Waals surface area contributed by atoms with Crippen LogP contribution >= 0.6 is 11.8 Å². The number of hydrogen-bond donors (Lipinski definition) is 0. The molecule has 5 aromatic rings. The average Bonchev–Trinajstić information content (AvgIpc) is 3.56. The lowest BCUT2D eigenvalue weighted by Gasteiger charge is -2.11. The van der Waals surface area contributed by atoms with Crippen LogP contribution in [-0.4, -0.2) is 36.5 Å². The lowest BCUT2D eigenvalue weighted by Crippen LogP contribution is -2.00. The van der Waals surface area contributed by atoms with Gasteiger partial charge < -0.3 is 9.26 Å². The van der Waals surface area contributed by atoms with E-state index in [4.69, 9.17) is 9.26 Å². The van der Waals surface area contributed by atoms with Gasteiger partial charge >= 0.3 is 0 Å². The lowest BCUT2D eigenvalue weighted by atomic mass is 10.1. The summed E-state index contributed by atoms with van der Waals surface area (Å²) in [6, 6.07) is 19.9. The maximum atomic E-state index is 5.60. The smallest absolute Gasteiger partial charge is 0.237 e. The summed E-state index contributed by atoms with van der Waals surface area (Å²) >= 11 is 1.48. The molecule has 0 saturated carbocycles. The van der Waals surface area contributed by atoms with Crippen molar-refractivity contribution in [3.8, 4) is 34.2 Å². The molecule has 176 valence electrons. The number of aryl methyl sites for hydroxylation is 1. The van der Waals surface area contributed by atoms with E-state index in [1.807, 2.05) is 60.0 Å². The zero-order valence-electron chi connectivity index (χ0n) is 19.5. The summed E-state index contributed by atoms with van der Waals surface area (Å²) in [6.45, 7) is 4.71. The third-order valence-electron chi connectivity index (χ3n) is 5.37. The fourth-order valence-corrected chi connectivity index (χ4v) is 4.37. The van der Waals surface area contributed by atoms with E-state index in [0.29, 0.717) is 35.1 Å². The third-order valence-corrected chi connectivity index (χ3v) is 6.29. The maximum Gasteiger partial charge on any atom is 0.237 e. The highest BCUT2D eigenvalue weighted by Crippen LogP contribution is 2.30. The Morgan fingerprint density at radius 3 is 2.49 bits per heavy atom. The van der Waals surface area contributed by atoms with Crippen LogP contribution < -0.4 is 4.74 Å². The van der Waals surface area contributed by atoms with Crippen molar-refractivity contribution in [3.63, 3.8) is 0 Å². The van der Waals surface area contributed by atoms with Gasteiger partial charge in [-0.1, -0.05) is 48.1 Å². The molecule has 0 N–H and O–H groups in total. The monoisotopic (exact) mass is 484 g/mol. The van der Waals surface area contributed by atoms with E-state index in [1.165, 1.54) is 17.3 Å². The summed E-state index contributed by atoms with van der Waals surface area (Å²) in [6.07, 6.45) is 4.50. The van der Waals surface area contributed by atoms with E-state index < -0.39 is 0 Å². The Kier molecular flexibility index (Phi) is 6.85. The standard InChI is InChI=1S/C26H24N6O2S/c1-3-18-7-9-19(10-8-18)24-28-23(34-31-24)17-35-26-30-29-25(20-6-5-15-27-16-20)32(26)21-11-13-22(14-12-21)33-4-2/h5-16H,3-4,17H2,1-2H3. The predicted molar refractivity (Wildman–Crippen MR) is 134 cm³/mol. The number of hydrogen-bond acceptors (Lipinski definition) is 8. The van der Waals surface area contributed by atoms with E-state index in [1.54, 1.807) is 12.4 Å². The number of pyridine rings is 1. The summed E-state index contributed by atoms with van der Waals surface area (Å²) in [5.41, 5.74) is 3.99. The molecule has 5 rings (SSSR count). The van der Waals surface area contributed by atoms with Gasteiger partial charge in [0.2, 0.25) is 11.7 Å². The van der Waals surface area contributed by atoms with Crippen LogP contribution in [0.1, 0.15) is 25.3 Å². The second-order valence-electron chi connectivity index (χ2n) is 7.66. The highest BCUT2D eigenvalue weighted by molar-refractivity contribution is 7.98. The minimum absolute atomic E-state index is 0.461.